The minimum atomic E-state index is -0.633. The second-order valence-corrected chi connectivity index (χ2v) is 4.91. The Bertz CT molecular complexity index is 758. The maximum absolute atomic E-state index is 5.62. The standard InChI is InChI=1S/C16H14N4O4/c1-4-12(19-24-9-1)13-10-21-11-14(15-17-5-2-7-22-15)20(13)16-18-6-3-8-23-16/h1-4,6-8,10-11,16H,5,9H2. The lowest BCUT2D eigenvalue weighted by molar-refractivity contribution is 0.0390. The van der Waals surface area contributed by atoms with E-state index in [0.717, 1.165) is 0 Å². The average molecular weight is 326 g/mol. The number of aliphatic imine (C=N–C) groups is 2. The van der Waals surface area contributed by atoms with E-state index < -0.39 is 6.35 Å². The van der Waals surface area contributed by atoms with Crippen LogP contribution >= 0.6 is 0 Å². The first-order valence-corrected chi connectivity index (χ1v) is 7.35. The number of allylic oxidation sites excluding steroid dienone is 2. The van der Waals surface area contributed by atoms with Crippen LogP contribution < -0.4 is 0 Å². The van der Waals surface area contributed by atoms with E-state index in [1.165, 1.54) is 6.26 Å². The van der Waals surface area contributed by atoms with Crippen molar-refractivity contribution in [2.75, 3.05) is 13.2 Å². The third-order valence-corrected chi connectivity index (χ3v) is 3.38. The highest BCUT2D eigenvalue weighted by molar-refractivity contribution is 6.09. The van der Waals surface area contributed by atoms with Crippen molar-refractivity contribution in [2.45, 2.75) is 6.35 Å². The molecule has 4 rings (SSSR count). The van der Waals surface area contributed by atoms with Gasteiger partial charge < -0.3 is 19.0 Å². The van der Waals surface area contributed by atoms with Crippen molar-refractivity contribution in [2.24, 2.45) is 15.1 Å². The smallest absolute Gasteiger partial charge is 0.274 e. The molecular formula is C16H14N4O4. The summed E-state index contributed by atoms with van der Waals surface area (Å²) >= 11 is 0. The van der Waals surface area contributed by atoms with E-state index in [1.54, 1.807) is 36.0 Å². The van der Waals surface area contributed by atoms with Gasteiger partial charge in [0.15, 0.2) is 0 Å². The maximum Gasteiger partial charge on any atom is 0.274 e. The van der Waals surface area contributed by atoms with E-state index >= 15 is 0 Å². The topological polar surface area (TPSA) is 77.2 Å². The Kier molecular flexibility index (Phi) is 3.85. The fourth-order valence-corrected chi connectivity index (χ4v) is 2.36. The van der Waals surface area contributed by atoms with Crippen LogP contribution in [0.15, 0.2) is 75.9 Å². The summed E-state index contributed by atoms with van der Waals surface area (Å²) in [6.07, 6.45) is 14.5. The number of hydrogen-bond donors (Lipinski definition) is 0. The monoisotopic (exact) mass is 326 g/mol. The predicted molar refractivity (Wildman–Crippen MR) is 86.6 cm³/mol. The zero-order chi connectivity index (χ0) is 16.2. The SMILES string of the molecule is C1=COC(N2C(C3=NOCC=C3)=COC=C2C2=NCC=CO2)N=C1. The molecule has 1 unspecified atom stereocenters. The molecule has 0 saturated heterocycles. The molecule has 0 saturated carbocycles. The fourth-order valence-electron chi connectivity index (χ4n) is 2.36. The van der Waals surface area contributed by atoms with Gasteiger partial charge in [0, 0.05) is 6.21 Å². The first kappa shape index (κ1) is 14.3. The van der Waals surface area contributed by atoms with Gasteiger partial charge in [-0.2, -0.15) is 0 Å². The van der Waals surface area contributed by atoms with E-state index in [2.05, 4.69) is 15.1 Å². The molecule has 8 nitrogen and oxygen atoms in total. The van der Waals surface area contributed by atoms with Crippen molar-refractivity contribution >= 4 is 17.8 Å². The predicted octanol–water partition coefficient (Wildman–Crippen LogP) is 1.78. The largest absolute Gasteiger partial charge is 0.468 e. The lowest BCUT2D eigenvalue weighted by Gasteiger charge is -2.35. The molecule has 0 amide bonds. The van der Waals surface area contributed by atoms with Gasteiger partial charge in [0.1, 0.15) is 36.2 Å². The summed E-state index contributed by atoms with van der Waals surface area (Å²) in [5, 5.41) is 4.07. The second-order valence-electron chi connectivity index (χ2n) is 4.91. The Morgan fingerprint density at radius 3 is 2.83 bits per heavy atom. The number of ether oxygens (including phenoxy) is 3. The summed E-state index contributed by atoms with van der Waals surface area (Å²) in [6.45, 7) is 0.958. The first-order chi connectivity index (χ1) is 11.9. The maximum atomic E-state index is 5.62. The Labute approximate surface area is 138 Å². The molecule has 0 aromatic carbocycles. The molecule has 0 aromatic rings. The fraction of sp³-hybridized carbons (Fsp3) is 0.188. The van der Waals surface area contributed by atoms with Crippen molar-refractivity contribution in [3.8, 4) is 0 Å². The molecule has 0 fully saturated rings. The molecule has 0 radical (unpaired) electrons. The molecule has 0 bridgehead atoms. The van der Waals surface area contributed by atoms with Crippen LogP contribution in [0.3, 0.4) is 0 Å². The Morgan fingerprint density at radius 1 is 1.12 bits per heavy atom. The van der Waals surface area contributed by atoms with Crippen LogP contribution in [0.1, 0.15) is 0 Å². The van der Waals surface area contributed by atoms with Crippen LogP contribution in [0.4, 0.5) is 0 Å². The summed E-state index contributed by atoms with van der Waals surface area (Å²) in [4.78, 5) is 15.6. The molecule has 1 atom stereocenters. The van der Waals surface area contributed by atoms with Crippen molar-refractivity contribution in [3.63, 3.8) is 0 Å². The third kappa shape index (κ3) is 2.69. The molecule has 24 heavy (non-hydrogen) atoms. The molecule has 0 N–H and O–H groups in total. The van der Waals surface area contributed by atoms with Crippen molar-refractivity contribution in [1.29, 1.82) is 0 Å². The number of oxime groups is 1. The van der Waals surface area contributed by atoms with E-state index in [1.807, 2.05) is 18.2 Å². The van der Waals surface area contributed by atoms with E-state index in [-0.39, 0.29) is 0 Å². The van der Waals surface area contributed by atoms with E-state index in [9.17, 15) is 0 Å². The lowest BCUT2D eigenvalue weighted by Crippen LogP contribution is -2.41. The van der Waals surface area contributed by atoms with Crippen LogP contribution in [0.25, 0.3) is 0 Å². The van der Waals surface area contributed by atoms with Gasteiger partial charge in [0.25, 0.3) is 6.35 Å². The van der Waals surface area contributed by atoms with Crippen LogP contribution in [-0.4, -0.2) is 42.2 Å². The summed E-state index contributed by atoms with van der Waals surface area (Å²) < 4.78 is 16.6. The molecule has 4 aliphatic rings. The van der Waals surface area contributed by atoms with E-state index in [0.29, 0.717) is 36.2 Å². The minimum absolute atomic E-state index is 0.415. The molecular weight excluding hydrogens is 312 g/mol. The lowest BCUT2D eigenvalue weighted by atomic mass is 10.2. The Hall–Kier alpha value is -3.29. The zero-order valence-corrected chi connectivity index (χ0v) is 12.6. The molecule has 8 heteroatoms. The van der Waals surface area contributed by atoms with Crippen molar-refractivity contribution in [1.82, 2.24) is 4.90 Å². The number of hydrogen-bond acceptors (Lipinski definition) is 8. The second kappa shape index (κ2) is 6.45. The molecule has 4 aliphatic heterocycles. The number of nitrogens with zero attached hydrogens (tertiary/aromatic N) is 4. The highest BCUT2D eigenvalue weighted by atomic mass is 16.6. The highest BCUT2D eigenvalue weighted by Gasteiger charge is 2.34. The molecule has 122 valence electrons. The van der Waals surface area contributed by atoms with Crippen molar-refractivity contribution < 1.29 is 19.0 Å². The van der Waals surface area contributed by atoms with Gasteiger partial charge >= 0.3 is 0 Å². The third-order valence-electron chi connectivity index (χ3n) is 3.38. The number of rotatable bonds is 3. The highest BCUT2D eigenvalue weighted by Crippen LogP contribution is 2.28. The molecule has 0 spiro atoms. The average Bonchev–Trinajstić information content (AvgIpc) is 2.69. The van der Waals surface area contributed by atoms with Crippen LogP contribution in [0.2, 0.25) is 0 Å². The summed E-state index contributed by atoms with van der Waals surface area (Å²) in [5.41, 5.74) is 1.80. The van der Waals surface area contributed by atoms with Crippen LogP contribution in [-0.2, 0) is 19.0 Å². The van der Waals surface area contributed by atoms with Gasteiger partial charge in [-0.05, 0) is 24.3 Å². The Balaban J connectivity index is 1.70. The van der Waals surface area contributed by atoms with E-state index in [4.69, 9.17) is 19.0 Å². The Morgan fingerprint density at radius 2 is 2.08 bits per heavy atom. The zero-order valence-electron chi connectivity index (χ0n) is 12.6. The molecule has 0 aliphatic carbocycles. The van der Waals surface area contributed by atoms with Gasteiger partial charge in [0.2, 0.25) is 5.90 Å². The van der Waals surface area contributed by atoms with Gasteiger partial charge in [-0.1, -0.05) is 5.16 Å². The van der Waals surface area contributed by atoms with Crippen LogP contribution in [0.5, 0.6) is 0 Å². The first-order valence-electron chi connectivity index (χ1n) is 7.35. The molecule has 4 heterocycles. The summed E-state index contributed by atoms with van der Waals surface area (Å²) in [6, 6.07) is 0. The minimum Gasteiger partial charge on any atom is -0.468 e. The van der Waals surface area contributed by atoms with Gasteiger partial charge in [-0.15, -0.1) is 0 Å². The van der Waals surface area contributed by atoms with Gasteiger partial charge in [0.05, 0.1) is 19.1 Å². The normalized spacial score (nSPS) is 24.7. The quantitative estimate of drug-likeness (QED) is 0.790. The van der Waals surface area contributed by atoms with Gasteiger partial charge in [-0.3, -0.25) is 4.90 Å². The van der Waals surface area contributed by atoms with Crippen LogP contribution in [0, 0.1) is 0 Å². The summed E-state index contributed by atoms with van der Waals surface area (Å²) in [7, 11) is 0. The van der Waals surface area contributed by atoms with Gasteiger partial charge in [-0.25, -0.2) is 9.98 Å². The molecule has 0 aromatic heterocycles. The van der Waals surface area contributed by atoms with Crippen molar-refractivity contribution in [3.05, 3.63) is 60.7 Å². The summed E-state index contributed by atoms with van der Waals surface area (Å²) in [5.74, 6) is 0.415.